The maximum absolute atomic E-state index is 12.6. The van der Waals surface area contributed by atoms with Crippen molar-refractivity contribution in [1.29, 1.82) is 0 Å². The molecule has 0 aliphatic heterocycles. The van der Waals surface area contributed by atoms with E-state index in [1.807, 2.05) is 29.6 Å². The number of aromatic nitrogens is 2. The smallest absolute Gasteiger partial charge is 0.255 e. The number of benzene rings is 2. The summed E-state index contributed by atoms with van der Waals surface area (Å²) in [7, 11) is -3.59. The van der Waals surface area contributed by atoms with Gasteiger partial charge in [0.1, 0.15) is 5.82 Å². The predicted octanol–water partition coefficient (Wildman–Crippen LogP) is 4.23. The molecule has 0 aliphatic carbocycles. The molecule has 3 N–H and O–H groups in total. The van der Waals surface area contributed by atoms with Crippen molar-refractivity contribution >= 4 is 44.0 Å². The number of rotatable bonds is 6. The van der Waals surface area contributed by atoms with Gasteiger partial charge >= 0.3 is 0 Å². The van der Waals surface area contributed by atoms with Crippen molar-refractivity contribution in [3.63, 3.8) is 0 Å². The summed E-state index contributed by atoms with van der Waals surface area (Å²) in [6.07, 6.45) is 0. The highest BCUT2D eigenvalue weighted by molar-refractivity contribution is 7.89. The van der Waals surface area contributed by atoms with E-state index in [1.165, 1.54) is 24.3 Å². The Hall–Kier alpha value is -3.01. The Morgan fingerprint density at radius 2 is 1.87 bits per heavy atom. The number of thiophene rings is 1. The molecule has 0 atom stereocenters. The number of nitrogens with zero attached hydrogens (tertiary/aromatic N) is 1. The van der Waals surface area contributed by atoms with Gasteiger partial charge in [-0.25, -0.2) is 18.1 Å². The molecule has 4 rings (SSSR count). The van der Waals surface area contributed by atoms with Crippen LogP contribution in [-0.4, -0.2) is 30.3 Å². The van der Waals surface area contributed by atoms with Crippen LogP contribution in [0, 0.1) is 0 Å². The van der Waals surface area contributed by atoms with Crippen molar-refractivity contribution in [2.45, 2.75) is 24.8 Å². The Balaban J connectivity index is 1.51. The molecule has 0 radical (unpaired) electrons. The Bertz CT molecular complexity index is 1290. The topological polar surface area (TPSA) is 104 Å². The molecule has 0 aliphatic rings. The zero-order valence-corrected chi connectivity index (χ0v) is 18.0. The lowest BCUT2D eigenvalue weighted by Crippen LogP contribution is -2.30. The Kier molecular flexibility index (Phi) is 5.42. The summed E-state index contributed by atoms with van der Waals surface area (Å²) in [5.41, 5.74) is 2.61. The summed E-state index contributed by atoms with van der Waals surface area (Å²) in [5, 5.41) is 4.83. The van der Waals surface area contributed by atoms with Crippen molar-refractivity contribution in [2.24, 2.45) is 0 Å². The summed E-state index contributed by atoms with van der Waals surface area (Å²) in [6, 6.07) is 15.0. The van der Waals surface area contributed by atoms with Gasteiger partial charge in [0.2, 0.25) is 10.0 Å². The number of fused-ring (bicyclic) bond motifs is 1. The van der Waals surface area contributed by atoms with Crippen LogP contribution in [0.1, 0.15) is 24.2 Å². The number of sulfonamides is 1. The first-order valence-corrected chi connectivity index (χ1v) is 11.7. The van der Waals surface area contributed by atoms with Gasteiger partial charge < -0.3 is 10.3 Å². The molecule has 9 heteroatoms. The third kappa shape index (κ3) is 4.28. The fourth-order valence-electron chi connectivity index (χ4n) is 2.98. The molecule has 1 amide bonds. The number of hydrogen-bond acceptors (Lipinski definition) is 5. The summed E-state index contributed by atoms with van der Waals surface area (Å²) < 4.78 is 26.9. The first-order chi connectivity index (χ1) is 14.3. The van der Waals surface area contributed by atoms with Gasteiger partial charge in [-0.1, -0.05) is 6.07 Å². The van der Waals surface area contributed by atoms with E-state index in [9.17, 15) is 13.2 Å². The molecule has 154 valence electrons. The number of H-pyrrole nitrogens is 1. The van der Waals surface area contributed by atoms with E-state index in [0.29, 0.717) is 11.3 Å². The van der Waals surface area contributed by atoms with Crippen LogP contribution in [0.4, 0.5) is 5.69 Å². The van der Waals surface area contributed by atoms with Crippen LogP contribution < -0.4 is 10.0 Å². The van der Waals surface area contributed by atoms with Crippen molar-refractivity contribution in [3.05, 3.63) is 65.5 Å². The number of anilines is 1. The molecule has 2 heterocycles. The van der Waals surface area contributed by atoms with Gasteiger partial charge in [0.15, 0.2) is 0 Å². The van der Waals surface area contributed by atoms with Crippen LogP contribution in [0.25, 0.3) is 21.7 Å². The number of imidazole rings is 1. The molecule has 30 heavy (non-hydrogen) atoms. The van der Waals surface area contributed by atoms with E-state index < -0.39 is 10.0 Å². The van der Waals surface area contributed by atoms with Gasteiger partial charge in [-0.2, -0.15) is 0 Å². The Morgan fingerprint density at radius 3 is 2.53 bits per heavy atom. The molecular weight excluding hydrogens is 420 g/mol. The van der Waals surface area contributed by atoms with Gasteiger partial charge in [-0.15, -0.1) is 11.3 Å². The van der Waals surface area contributed by atoms with Gasteiger partial charge in [0.05, 0.1) is 20.8 Å². The van der Waals surface area contributed by atoms with Crippen LogP contribution in [-0.2, 0) is 10.0 Å². The molecule has 4 aromatic rings. The lowest BCUT2D eigenvalue weighted by Gasteiger charge is -2.10. The summed E-state index contributed by atoms with van der Waals surface area (Å²) in [4.78, 5) is 21.6. The molecule has 0 saturated heterocycles. The molecule has 0 unspecified atom stereocenters. The summed E-state index contributed by atoms with van der Waals surface area (Å²) >= 11 is 1.60. The molecule has 0 bridgehead atoms. The van der Waals surface area contributed by atoms with Crippen LogP contribution in [0.3, 0.4) is 0 Å². The predicted molar refractivity (Wildman–Crippen MR) is 119 cm³/mol. The standard InChI is InChI=1S/C21H20N4O3S2/c1-13(2)25-30(27,28)16-8-5-14(6-9-16)21(26)22-15-7-10-17-18(12-15)24-20(23-17)19-4-3-11-29-19/h3-13,25H,1-2H3,(H,22,26)(H,23,24). The minimum absolute atomic E-state index is 0.118. The first kappa shape index (κ1) is 20.3. The van der Waals surface area contributed by atoms with Crippen molar-refractivity contribution in [3.8, 4) is 10.7 Å². The Morgan fingerprint density at radius 1 is 1.10 bits per heavy atom. The van der Waals surface area contributed by atoms with Crippen LogP contribution in [0.15, 0.2) is 64.9 Å². The molecule has 2 aromatic carbocycles. The molecule has 2 aromatic heterocycles. The van der Waals surface area contributed by atoms with Gasteiger partial charge in [0, 0.05) is 17.3 Å². The normalized spacial score (nSPS) is 11.8. The monoisotopic (exact) mass is 440 g/mol. The third-order valence-electron chi connectivity index (χ3n) is 4.31. The number of aromatic amines is 1. The molecule has 0 saturated carbocycles. The number of carbonyl (C=O) groups is 1. The minimum atomic E-state index is -3.59. The third-order valence-corrected chi connectivity index (χ3v) is 6.86. The first-order valence-electron chi connectivity index (χ1n) is 9.29. The highest BCUT2D eigenvalue weighted by Gasteiger charge is 2.16. The zero-order chi connectivity index (χ0) is 21.3. The second-order valence-corrected chi connectivity index (χ2v) is 9.71. The van der Waals surface area contributed by atoms with E-state index >= 15 is 0 Å². The van der Waals surface area contributed by atoms with Crippen molar-refractivity contribution in [1.82, 2.24) is 14.7 Å². The zero-order valence-electron chi connectivity index (χ0n) is 16.3. The largest absolute Gasteiger partial charge is 0.337 e. The molecule has 0 spiro atoms. The summed E-state index contributed by atoms with van der Waals surface area (Å²) in [6.45, 7) is 3.50. The van der Waals surface area contributed by atoms with Crippen LogP contribution in [0.5, 0.6) is 0 Å². The van der Waals surface area contributed by atoms with Gasteiger partial charge in [-0.3, -0.25) is 4.79 Å². The second-order valence-electron chi connectivity index (χ2n) is 7.05. The van der Waals surface area contributed by atoms with E-state index in [0.717, 1.165) is 21.7 Å². The van der Waals surface area contributed by atoms with Crippen molar-refractivity contribution in [2.75, 3.05) is 5.32 Å². The molecule has 7 nitrogen and oxygen atoms in total. The summed E-state index contributed by atoms with van der Waals surface area (Å²) in [5.74, 6) is 0.461. The fourth-order valence-corrected chi connectivity index (χ4v) is 4.90. The van der Waals surface area contributed by atoms with E-state index in [1.54, 1.807) is 31.3 Å². The number of hydrogen-bond donors (Lipinski definition) is 3. The maximum atomic E-state index is 12.6. The van der Waals surface area contributed by atoms with Gasteiger partial charge in [-0.05, 0) is 67.8 Å². The average molecular weight is 441 g/mol. The number of amides is 1. The lowest BCUT2D eigenvalue weighted by atomic mass is 10.2. The highest BCUT2D eigenvalue weighted by Crippen LogP contribution is 2.26. The van der Waals surface area contributed by atoms with Crippen LogP contribution >= 0.6 is 11.3 Å². The van der Waals surface area contributed by atoms with E-state index in [2.05, 4.69) is 20.0 Å². The average Bonchev–Trinajstić information content (AvgIpc) is 3.36. The minimum Gasteiger partial charge on any atom is -0.337 e. The SMILES string of the molecule is CC(C)NS(=O)(=O)c1ccc(C(=O)Nc2ccc3nc(-c4cccs4)[nH]c3c2)cc1. The number of nitrogens with one attached hydrogen (secondary N) is 3. The van der Waals surface area contributed by atoms with Crippen LogP contribution in [0.2, 0.25) is 0 Å². The number of carbonyl (C=O) groups excluding carboxylic acids is 1. The maximum Gasteiger partial charge on any atom is 0.255 e. The van der Waals surface area contributed by atoms with Gasteiger partial charge in [0.25, 0.3) is 5.91 Å². The van der Waals surface area contributed by atoms with Crippen molar-refractivity contribution < 1.29 is 13.2 Å². The second kappa shape index (κ2) is 8.02. The quantitative estimate of drug-likeness (QED) is 0.417. The Labute approximate surface area is 178 Å². The van der Waals surface area contributed by atoms with E-state index in [-0.39, 0.29) is 16.8 Å². The lowest BCUT2D eigenvalue weighted by molar-refractivity contribution is 0.102. The molecule has 0 fully saturated rings. The molecular formula is C21H20N4O3S2. The van der Waals surface area contributed by atoms with E-state index in [4.69, 9.17) is 0 Å². The fraction of sp³-hybridized carbons (Fsp3) is 0.143. The highest BCUT2D eigenvalue weighted by atomic mass is 32.2.